The van der Waals surface area contributed by atoms with E-state index in [1.54, 1.807) is 11.3 Å². The highest BCUT2D eigenvalue weighted by Crippen LogP contribution is 2.30. The zero-order valence-electron chi connectivity index (χ0n) is 10.1. The van der Waals surface area contributed by atoms with E-state index < -0.39 is 0 Å². The second kappa shape index (κ2) is 6.85. The highest BCUT2D eigenvalue weighted by atomic mass is 79.9. The molecule has 1 atom stereocenters. The van der Waals surface area contributed by atoms with Crippen LogP contribution in [0.2, 0.25) is 0 Å². The molecule has 2 aromatic rings. The molecule has 0 aliphatic rings. The fourth-order valence-corrected chi connectivity index (χ4v) is 4.02. The maximum atomic E-state index is 3.61. The molecule has 2 rings (SSSR count). The van der Waals surface area contributed by atoms with E-state index in [1.807, 2.05) is 0 Å². The fraction of sp³-hybridized carbons (Fsp3) is 0.286. The Balaban J connectivity index is 2.33. The van der Waals surface area contributed by atoms with E-state index in [4.69, 9.17) is 0 Å². The topological polar surface area (TPSA) is 12.0 Å². The smallest absolute Gasteiger partial charge is 0.0671 e. The normalized spacial score (nSPS) is 12.6. The first-order chi connectivity index (χ1) is 8.70. The fourth-order valence-electron chi connectivity index (χ4n) is 1.87. The molecule has 1 nitrogen and oxygen atoms in total. The van der Waals surface area contributed by atoms with Gasteiger partial charge in [-0.25, -0.2) is 0 Å². The Morgan fingerprint density at radius 1 is 1.22 bits per heavy atom. The van der Waals surface area contributed by atoms with Crippen molar-refractivity contribution in [2.45, 2.75) is 19.4 Å². The molecule has 0 radical (unpaired) electrons. The average Bonchev–Trinajstić information content (AvgIpc) is 2.82. The molecule has 0 aliphatic carbocycles. The van der Waals surface area contributed by atoms with Crippen LogP contribution in [0.25, 0.3) is 0 Å². The maximum absolute atomic E-state index is 3.61. The van der Waals surface area contributed by atoms with Crippen molar-refractivity contribution in [3.05, 3.63) is 55.1 Å². The van der Waals surface area contributed by atoms with Crippen LogP contribution >= 0.6 is 43.2 Å². The standard InChI is InChI=1S/C14H15Br2NS/c1-2-5-17-14(13-4-3-6-18-13)10-7-11(15)9-12(16)8-10/h3-4,6-9,14,17H,2,5H2,1H3. The predicted molar refractivity (Wildman–Crippen MR) is 86.3 cm³/mol. The summed E-state index contributed by atoms with van der Waals surface area (Å²) in [6.45, 7) is 3.21. The first-order valence-electron chi connectivity index (χ1n) is 5.93. The van der Waals surface area contributed by atoms with Crippen molar-refractivity contribution in [2.24, 2.45) is 0 Å². The van der Waals surface area contributed by atoms with Gasteiger partial charge in [0.15, 0.2) is 0 Å². The van der Waals surface area contributed by atoms with E-state index >= 15 is 0 Å². The van der Waals surface area contributed by atoms with Crippen LogP contribution in [0.15, 0.2) is 44.7 Å². The van der Waals surface area contributed by atoms with Crippen LogP contribution in [0.3, 0.4) is 0 Å². The Labute approximate surface area is 129 Å². The molecule has 0 aliphatic heterocycles. The summed E-state index contributed by atoms with van der Waals surface area (Å²) in [5, 5.41) is 5.74. The average molecular weight is 389 g/mol. The highest BCUT2D eigenvalue weighted by Gasteiger charge is 2.15. The van der Waals surface area contributed by atoms with Gasteiger partial charge in [-0.3, -0.25) is 0 Å². The third kappa shape index (κ3) is 3.67. The number of halogens is 2. The van der Waals surface area contributed by atoms with Gasteiger partial charge in [-0.05, 0) is 48.2 Å². The summed E-state index contributed by atoms with van der Waals surface area (Å²) in [6.07, 6.45) is 1.14. The van der Waals surface area contributed by atoms with Gasteiger partial charge in [-0.2, -0.15) is 0 Å². The zero-order chi connectivity index (χ0) is 13.0. The third-order valence-electron chi connectivity index (χ3n) is 2.64. The molecule has 0 bridgehead atoms. The Kier molecular flexibility index (Phi) is 5.42. The minimum absolute atomic E-state index is 0.277. The molecule has 1 heterocycles. The third-order valence-corrected chi connectivity index (χ3v) is 4.50. The Bertz CT molecular complexity index is 476. The second-order valence-corrected chi connectivity index (χ2v) is 6.92. The highest BCUT2D eigenvalue weighted by molar-refractivity contribution is 9.11. The van der Waals surface area contributed by atoms with Gasteiger partial charge in [-0.15, -0.1) is 11.3 Å². The van der Waals surface area contributed by atoms with Gasteiger partial charge in [0.25, 0.3) is 0 Å². The summed E-state index contributed by atoms with van der Waals surface area (Å²) >= 11 is 8.91. The summed E-state index contributed by atoms with van der Waals surface area (Å²) in [5.41, 5.74) is 1.28. The van der Waals surface area contributed by atoms with Gasteiger partial charge in [0.1, 0.15) is 0 Å². The lowest BCUT2D eigenvalue weighted by Crippen LogP contribution is -2.22. The van der Waals surface area contributed by atoms with Crippen LogP contribution in [0, 0.1) is 0 Å². The Morgan fingerprint density at radius 2 is 1.94 bits per heavy atom. The van der Waals surface area contributed by atoms with Crippen molar-refractivity contribution in [1.82, 2.24) is 5.32 Å². The summed E-state index contributed by atoms with van der Waals surface area (Å²) in [7, 11) is 0. The lowest BCUT2D eigenvalue weighted by molar-refractivity contribution is 0.605. The van der Waals surface area contributed by atoms with Gasteiger partial charge in [0.05, 0.1) is 6.04 Å². The summed E-state index contributed by atoms with van der Waals surface area (Å²) in [6, 6.07) is 11.0. The molecule has 0 spiro atoms. The van der Waals surface area contributed by atoms with Crippen LogP contribution in [0.5, 0.6) is 0 Å². The summed E-state index contributed by atoms with van der Waals surface area (Å²) in [5.74, 6) is 0. The lowest BCUT2D eigenvalue weighted by atomic mass is 10.1. The molecule has 18 heavy (non-hydrogen) atoms. The monoisotopic (exact) mass is 387 g/mol. The Hall–Kier alpha value is -0.160. The first kappa shape index (κ1) is 14.3. The van der Waals surface area contributed by atoms with Crippen molar-refractivity contribution in [3.8, 4) is 0 Å². The number of thiophene rings is 1. The molecule has 0 saturated carbocycles. The summed E-state index contributed by atoms with van der Waals surface area (Å²) < 4.78 is 2.21. The molecule has 1 aromatic heterocycles. The van der Waals surface area contributed by atoms with E-state index in [9.17, 15) is 0 Å². The molecular formula is C14H15Br2NS. The van der Waals surface area contributed by atoms with E-state index in [0.29, 0.717) is 0 Å². The van der Waals surface area contributed by atoms with Gasteiger partial charge in [0, 0.05) is 13.8 Å². The molecule has 96 valence electrons. The van der Waals surface area contributed by atoms with Crippen LogP contribution in [0.4, 0.5) is 0 Å². The van der Waals surface area contributed by atoms with Gasteiger partial charge in [0.2, 0.25) is 0 Å². The molecule has 0 fully saturated rings. The first-order valence-corrected chi connectivity index (χ1v) is 8.40. The molecule has 1 N–H and O–H groups in total. The van der Waals surface area contributed by atoms with E-state index in [2.05, 4.69) is 79.8 Å². The maximum Gasteiger partial charge on any atom is 0.0671 e. The number of hydrogen-bond acceptors (Lipinski definition) is 2. The van der Waals surface area contributed by atoms with Crippen molar-refractivity contribution >= 4 is 43.2 Å². The Morgan fingerprint density at radius 3 is 2.50 bits per heavy atom. The quantitative estimate of drug-likeness (QED) is 0.726. The van der Waals surface area contributed by atoms with Gasteiger partial charge < -0.3 is 5.32 Å². The number of hydrogen-bond donors (Lipinski definition) is 1. The van der Waals surface area contributed by atoms with Crippen molar-refractivity contribution in [2.75, 3.05) is 6.54 Å². The summed E-state index contributed by atoms with van der Waals surface area (Å²) in [4.78, 5) is 1.36. The van der Waals surface area contributed by atoms with E-state index in [0.717, 1.165) is 21.9 Å². The van der Waals surface area contributed by atoms with Crippen LogP contribution < -0.4 is 5.32 Å². The van der Waals surface area contributed by atoms with Crippen LogP contribution in [0.1, 0.15) is 29.8 Å². The van der Waals surface area contributed by atoms with E-state index in [1.165, 1.54) is 10.4 Å². The lowest BCUT2D eigenvalue weighted by Gasteiger charge is -2.18. The number of rotatable bonds is 5. The molecule has 4 heteroatoms. The molecule has 0 saturated heterocycles. The zero-order valence-corrected chi connectivity index (χ0v) is 14.1. The second-order valence-electron chi connectivity index (χ2n) is 4.11. The molecular weight excluding hydrogens is 374 g/mol. The van der Waals surface area contributed by atoms with Crippen LogP contribution in [-0.2, 0) is 0 Å². The van der Waals surface area contributed by atoms with Gasteiger partial charge >= 0.3 is 0 Å². The SMILES string of the molecule is CCCNC(c1cc(Br)cc(Br)c1)c1cccs1. The number of nitrogens with one attached hydrogen (secondary N) is 1. The minimum Gasteiger partial charge on any atom is -0.306 e. The van der Waals surface area contributed by atoms with Crippen LogP contribution in [-0.4, -0.2) is 6.54 Å². The predicted octanol–water partition coefficient (Wildman–Crippen LogP) is 5.36. The minimum atomic E-state index is 0.277. The number of benzene rings is 1. The van der Waals surface area contributed by atoms with Crippen molar-refractivity contribution in [1.29, 1.82) is 0 Å². The van der Waals surface area contributed by atoms with E-state index in [-0.39, 0.29) is 6.04 Å². The molecule has 1 unspecified atom stereocenters. The molecule has 1 aromatic carbocycles. The van der Waals surface area contributed by atoms with Crippen molar-refractivity contribution in [3.63, 3.8) is 0 Å². The largest absolute Gasteiger partial charge is 0.306 e. The van der Waals surface area contributed by atoms with Gasteiger partial charge in [-0.1, -0.05) is 44.8 Å². The molecule has 0 amide bonds. The van der Waals surface area contributed by atoms with Crippen molar-refractivity contribution < 1.29 is 0 Å².